The number of nitrogens with one attached hydrogen (secondary N) is 2. The largest absolute Gasteiger partial charge is 0.382 e. The summed E-state index contributed by atoms with van der Waals surface area (Å²) in [5, 5.41) is 6.84. The fourth-order valence-electron chi connectivity index (χ4n) is 3.17. The number of rotatable bonds is 8. The second kappa shape index (κ2) is 9.78. The van der Waals surface area contributed by atoms with Crippen molar-refractivity contribution in [3.05, 3.63) is 35.4 Å². The third-order valence-electron chi connectivity index (χ3n) is 4.86. The maximum atomic E-state index is 5.36. The Morgan fingerprint density at radius 1 is 1.24 bits per heavy atom. The maximum absolute atomic E-state index is 5.36. The molecule has 0 amide bonds. The zero-order chi connectivity index (χ0) is 18.1. The van der Waals surface area contributed by atoms with Gasteiger partial charge >= 0.3 is 0 Å². The van der Waals surface area contributed by atoms with Gasteiger partial charge in [-0.3, -0.25) is 9.89 Å². The monoisotopic (exact) mass is 346 g/mol. The lowest BCUT2D eigenvalue weighted by molar-refractivity contribution is 0.107. The van der Waals surface area contributed by atoms with E-state index in [1.165, 1.54) is 11.1 Å². The lowest BCUT2D eigenvalue weighted by Gasteiger charge is -2.42. The zero-order valence-corrected chi connectivity index (χ0v) is 16.3. The molecular weight excluding hydrogens is 312 g/mol. The molecule has 0 fully saturated rings. The number of guanidine groups is 1. The van der Waals surface area contributed by atoms with Crippen LogP contribution in [0.1, 0.15) is 38.3 Å². The summed E-state index contributed by atoms with van der Waals surface area (Å²) in [6.07, 6.45) is 2.12. The molecule has 25 heavy (non-hydrogen) atoms. The molecule has 0 saturated heterocycles. The summed E-state index contributed by atoms with van der Waals surface area (Å²) < 4.78 is 5.36. The second-order valence-corrected chi connectivity index (χ2v) is 7.16. The lowest BCUT2D eigenvalue weighted by atomic mass is 9.94. The topological polar surface area (TPSA) is 48.9 Å². The normalized spacial score (nSPS) is 15.8. The fraction of sp³-hybridized carbons (Fsp3) is 0.650. The van der Waals surface area contributed by atoms with Crippen LogP contribution in [0, 0.1) is 0 Å². The second-order valence-electron chi connectivity index (χ2n) is 7.16. The van der Waals surface area contributed by atoms with Crippen molar-refractivity contribution in [2.45, 2.75) is 45.7 Å². The van der Waals surface area contributed by atoms with Gasteiger partial charge in [-0.25, -0.2) is 0 Å². The molecule has 1 aliphatic rings. The van der Waals surface area contributed by atoms with E-state index in [9.17, 15) is 0 Å². The zero-order valence-electron chi connectivity index (χ0n) is 16.3. The third-order valence-corrected chi connectivity index (χ3v) is 4.86. The van der Waals surface area contributed by atoms with Gasteiger partial charge in [-0.15, -0.1) is 0 Å². The van der Waals surface area contributed by atoms with E-state index in [0.717, 1.165) is 58.2 Å². The molecule has 1 aromatic carbocycles. The quantitative estimate of drug-likeness (QED) is 0.431. The first kappa shape index (κ1) is 19.7. The van der Waals surface area contributed by atoms with Gasteiger partial charge in [0.05, 0.1) is 0 Å². The molecule has 0 spiro atoms. The van der Waals surface area contributed by atoms with Crippen LogP contribution in [0.2, 0.25) is 0 Å². The Labute approximate surface area is 152 Å². The number of ether oxygens (including phenoxy) is 1. The first-order chi connectivity index (χ1) is 12.1. The van der Waals surface area contributed by atoms with Crippen molar-refractivity contribution in [2.24, 2.45) is 4.99 Å². The molecule has 0 aromatic heterocycles. The predicted molar refractivity (Wildman–Crippen MR) is 105 cm³/mol. The van der Waals surface area contributed by atoms with Crippen molar-refractivity contribution < 1.29 is 4.74 Å². The summed E-state index contributed by atoms with van der Waals surface area (Å²) in [4.78, 5) is 6.89. The average Bonchev–Trinajstić information content (AvgIpc) is 2.63. The van der Waals surface area contributed by atoms with E-state index in [-0.39, 0.29) is 5.54 Å². The predicted octanol–water partition coefficient (Wildman–Crippen LogP) is 2.41. The maximum Gasteiger partial charge on any atom is 0.191 e. The smallest absolute Gasteiger partial charge is 0.191 e. The van der Waals surface area contributed by atoms with Crippen LogP contribution in [0.3, 0.4) is 0 Å². The number of aliphatic imine (C=N–C) groups is 1. The van der Waals surface area contributed by atoms with E-state index in [1.807, 2.05) is 14.0 Å². The molecule has 0 atom stereocenters. The van der Waals surface area contributed by atoms with Gasteiger partial charge in [-0.05, 0) is 44.7 Å². The average molecular weight is 347 g/mol. The molecule has 0 bridgehead atoms. The Morgan fingerprint density at radius 2 is 2.00 bits per heavy atom. The highest BCUT2D eigenvalue weighted by Crippen LogP contribution is 2.24. The van der Waals surface area contributed by atoms with Crippen LogP contribution < -0.4 is 10.6 Å². The van der Waals surface area contributed by atoms with Gasteiger partial charge in [0.2, 0.25) is 0 Å². The van der Waals surface area contributed by atoms with E-state index in [2.05, 4.69) is 58.6 Å². The van der Waals surface area contributed by atoms with E-state index in [0.29, 0.717) is 0 Å². The summed E-state index contributed by atoms with van der Waals surface area (Å²) in [6.45, 7) is 12.1. The molecule has 0 unspecified atom stereocenters. The molecule has 5 heteroatoms. The minimum absolute atomic E-state index is 0.0659. The van der Waals surface area contributed by atoms with Crippen molar-refractivity contribution in [1.29, 1.82) is 0 Å². The van der Waals surface area contributed by atoms with Crippen molar-refractivity contribution in [3.8, 4) is 0 Å². The van der Waals surface area contributed by atoms with Gasteiger partial charge in [0.15, 0.2) is 5.96 Å². The van der Waals surface area contributed by atoms with Crippen LogP contribution in [0.5, 0.6) is 0 Å². The summed E-state index contributed by atoms with van der Waals surface area (Å²) >= 11 is 0. The minimum atomic E-state index is 0.0659. The Kier molecular flexibility index (Phi) is 7.72. The van der Waals surface area contributed by atoms with Crippen LogP contribution in [-0.2, 0) is 17.7 Å². The minimum Gasteiger partial charge on any atom is -0.382 e. The number of hydrogen-bond acceptors (Lipinski definition) is 3. The molecular formula is C20H34N4O. The van der Waals surface area contributed by atoms with Crippen LogP contribution in [0.25, 0.3) is 0 Å². The van der Waals surface area contributed by atoms with Gasteiger partial charge in [-0.1, -0.05) is 24.3 Å². The highest BCUT2D eigenvalue weighted by atomic mass is 16.5. The highest BCUT2D eigenvalue weighted by molar-refractivity contribution is 5.79. The molecule has 1 aliphatic heterocycles. The summed E-state index contributed by atoms with van der Waals surface area (Å²) in [5.74, 6) is 0.863. The van der Waals surface area contributed by atoms with E-state index >= 15 is 0 Å². The van der Waals surface area contributed by atoms with E-state index in [1.54, 1.807) is 0 Å². The van der Waals surface area contributed by atoms with Crippen LogP contribution in [0.4, 0.5) is 0 Å². The van der Waals surface area contributed by atoms with Crippen molar-refractivity contribution in [1.82, 2.24) is 15.5 Å². The standard InChI is InChI=1S/C20H34N4O/c1-5-25-14-8-12-22-19(21-4)23-16-20(2,3)24-13-11-17-9-6-7-10-18(17)15-24/h6-7,9-10H,5,8,11-16H2,1-4H3,(H2,21,22,23). The van der Waals surface area contributed by atoms with Gasteiger partial charge < -0.3 is 15.4 Å². The van der Waals surface area contributed by atoms with Gasteiger partial charge in [0.1, 0.15) is 0 Å². The molecule has 5 nitrogen and oxygen atoms in total. The Balaban J connectivity index is 1.80. The first-order valence-electron chi connectivity index (χ1n) is 9.41. The summed E-state index contributed by atoms with van der Waals surface area (Å²) in [5.41, 5.74) is 3.02. The molecule has 2 N–H and O–H groups in total. The summed E-state index contributed by atoms with van der Waals surface area (Å²) in [6, 6.07) is 8.79. The molecule has 1 aromatic rings. The van der Waals surface area contributed by atoms with Gasteiger partial charge in [-0.2, -0.15) is 0 Å². The van der Waals surface area contributed by atoms with Crippen molar-refractivity contribution in [2.75, 3.05) is 39.9 Å². The lowest BCUT2D eigenvalue weighted by Crippen LogP contribution is -2.54. The van der Waals surface area contributed by atoms with Crippen LogP contribution in [0.15, 0.2) is 29.3 Å². The van der Waals surface area contributed by atoms with Gasteiger partial charge in [0.25, 0.3) is 0 Å². The first-order valence-corrected chi connectivity index (χ1v) is 9.41. The molecule has 2 rings (SSSR count). The van der Waals surface area contributed by atoms with Crippen molar-refractivity contribution in [3.63, 3.8) is 0 Å². The van der Waals surface area contributed by atoms with E-state index < -0.39 is 0 Å². The van der Waals surface area contributed by atoms with E-state index in [4.69, 9.17) is 4.74 Å². The fourth-order valence-corrected chi connectivity index (χ4v) is 3.17. The van der Waals surface area contributed by atoms with Gasteiger partial charge in [0, 0.05) is 52.0 Å². The number of hydrogen-bond donors (Lipinski definition) is 2. The Bertz CT molecular complexity index is 556. The molecule has 140 valence electrons. The third kappa shape index (κ3) is 6.01. The Morgan fingerprint density at radius 3 is 2.72 bits per heavy atom. The number of nitrogens with zero attached hydrogens (tertiary/aromatic N) is 2. The number of fused-ring (bicyclic) bond motifs is 1. The molecule has 0 aliphatic carbocycles. The van der Waals surface area contributed by atoms with Crippen LogP contribution in [-0.4, -0.2) is 56.3 Å². The SMILES string of the molecule is CCOCCCNC(=NC)NCC(C)(C)N1CCc2ccccc2C1. The molecule has 0 saturated carbocycles. The molecule has 1 heterocycles. The number of benzene rings is 1. The highest BCUT2D eigenvalue weighted by Gasteiger charge is 2.29. The summed E-state index contributed by atoms with van der Waals surface area (Å²) in [7, 11) is 1.82. The van der Waals surface area contributed by atoms with Crippen LogP contribution >= 0.6 is 0 Å². The Hall–Kier alpha value is -1.59. The molecule has 0 radical (unpaired) electrons. The van der Waals surface area contributed by atoms with Crippen molar-refractivity contribution >= 4 is 5.96 Å².